The Morgan fingerprint density at radius 1 is 1.41 bits per heavy atom. The Kier molecular flexibility index (Phi) is 3.43. The lowest BCUT2D eigenvalue weighted by Crippen LogP contribution is -2.56. The quantitative estimate of drug-likeness (QED) is 0.594. The number of ether oxygens (including phenoxy) is 1. The smallest absolute Gasteiger partial charge is 0.479 e. The molecule has 0 amide bonds. The molecule has 10 heteroatoms. The maximum Gasteiger partial charge on any atom is 0.523 e. The number of rotatable bonds is 4. The number of alkyl halides is 3. The highest BCUT2D eigenvalue weighted by Gasteiger charge is 2.56. The average Bonchev–Trinajstić information content (AvgIpc) is 2.07. The van der Waals surface area contributed by atoms with E-state index >= 15 is 0 Å². The van der Waals surface area contributed by atoms with E-state index in [4.69, 9.17) is 5.11 Å². The van der Waals surface area contributed by atoms with E-state index in [0.717, 1.165) is 7.11 Å². The molecule has 1 aliphatic carbocycles. The second-order valence-electron chi connectivity index (χ2n) is 3.53. The fourth-order valence-corrected chi connectivity index (χ4v) is 2.01. The van der Waals surface area contributed by atoms with Crippen LogP contribution in [-0.2, 0) is 23.8 Å². The summed E-state index contributed by atoms with van der Waals surface area (Å²) >= 11 is 0. The van der Waals surface area contributed by atoms with Gasteiger partial charge in [-0.1, -0.05) is 0 Å². The Bertz CT molecular complexity index is 408. The van der Waals surface area contributed by atoms with Gasteiger partial charge in [0.25, 0.3) is 0 Å². The Labute approximate surface area is 94.4 Å². The van der Waals surface area contributed by atoms with Crippen LogP contribution in [-0.4, -0.2) is 43.8 Å². The highest BCUT2D eigenvalue weighted by atomic mass is 32.2. The van der Waals surface area contributed by atoms with Gasteiger partial charge in [-0.25, -0.2) is 4.79 Å². The van der Waals surface area contributed by atoms with Crippen LogP contribution >= 0.6 is 0 Å². The van der Waals surface area contributed by atoms with E-state index in [1.165, 1.54) is 0 Å². The van der Waals surface area contributed by atoms with Gasteiger partial charge in [-0.3, -0.25) is 4.18 Å². The van der Waals surface area contributed by atoms with Crippen LogP contribution in [0.1, 0.15) is 12.8 Å². The van der Waals surface area contributed by atoms with E-state index in [2.05, 4.69) is 8.92 Å². The molecule has 0 heterocycles. The van der Waals surface area contributed by atoms with Crippen molar-refractivity contribution in [3.63, 3.8) is 0 Å². The maximum atomic E-state index is 11.9. The maximum absolute atomic E-state index is 11.9. The fourth-order valence-electron chi connectivity index (χ4n) is 1.41. The number of hydrogen-bond acceptors (Lipinski definition) is 5. The summed E-state index contributed by atoms with van der Waals surface area (Å²) in [6.45, 7) is 0. The fraction of sp³-hybridized carbons (Fsp3) is 0.857. The second-order valence-corrected chi connectivity index (χ2v) is 5.09. The molecule has 100 valence electrons. The molecule has 1 aliphatic rings. The monoisotopic (exact) mass is 278 g/mol. The molecule has 0 aliphatic heterocycles. The van der Waals surface area contributed by atoms with E-state index in [0.29, 0.717) is 0 Å². The van der Waals surface area contributed by atoms with Crippen LogP contribution in [0.3, 0.4) is 0 Å². The highest BCUT2D eigenvalue weighted by Crippen LogP contribution is 2.40. The summed E-state index contributed by atoms with van der Waals surface area (Å²) in [7, 11) is -4.62. The highest BCUT2D eigenvalue weighted by molar-refractivity contribution is 7.87. The predicted octanol–water partition coefficient (Wildman–Crippen LogP) is 0.485. The van der Waals surface area contributed by atoms with Gasteiger partial charge in [-0.15, -0.1) is 0 Å². The van der Waals surface area contributed by atoms with E-state index in [-0.39, 0.29) is 0 Å². The molecule has 0 radical (unpaired) electrons. The summed E-state index contributed by atoms with van der Waals surface area (Å²) in [5, 5.41) is 8.71. The van der Waals surface area contributed by atoms with Crippen molar-refractivity contribution in [2.45, 2.75) is 30.1 Å². The lowest BCUT2D eigenvalue weighted by Gasteiger charge is -2.41. The van der Waals surface area contributed by atoms with Crippen molar-refractivity contribution in [2.75, 3.05) is 7.11 Å². The molecule has 0 aromatic heterocycles. The van der Waals surface area contributed by atoms with E-state index in [9.17, 15) is 26.4 Å². The molecule has 1 rings (SSSR count). The number of carboxylic acids is 1. The van der Waals surface area contributed by atoms with Crippen molar-refractivity contribution < 1.29 is 40.4 Å². The molecule has 17 heavy (non-hydrogen) atoms. The van der Waals surface area contributed by atoms with Crippen molar-refractivity contribution in [3.8, 4) is 0 Å². The van der Waals surface area contributed by atoms with Crippen molar-refractivity contribution in [2.24, 2.45) is 0 Å². The van der Waals surface area contributed by atoms with Gasteiger partial charge in [-0.05, 0) is 0 Å². The molecule has 0 atom stereocenters. The number of aliphatic carboxylic acids is 1. The van der Waals surface area contributed by atoms with Crippen molar-refractivity contribution >= 4 is 16.1 Å². The van der Waals surface area contributed by atoms with Gasteiger partial charge < -0.3 is 9.84 Å². The molecule has 0 unspecified atom stereocenters. The first-order chi connectivity index (χ1) is 7.54. The Morgan fingerprint density at radius 3 is 2.18 bits per heavy atom. The van der Waals surface area contributed by atoms with Crippen molar-refractivity contribution in [1.29, 1.82) is 0 Å². The summed E-state index contributed by atoms with van der Waals surface area (Å²) in [5.41, 5.74) is -7.17. The molecule has 1 fully saturated rings. The zero-order valence-electron chi connectivity index (χ0n) is 8.52. The predicted molar refractivity (Wildman–Crippen MR) is 46.5 cm³/mol. The molecular formula is C7H9F3O6S. The summed E-state index contributed by atoms with van der Waals surface area (Å²) in [5.74, 6) is -1.37. The molecule has 0 bridgehead atoms. The van der Waals surface area contributed by atoms with E-state index < -0.39 is 46.1 Å². The third-order valence-electron chi connectivity index (χ3n) is 2.44. The molecule has 6 nitrogen and oxygen atoms in total. The van der Waals surface area contributed by atoms with Crippen LogP contribution in [0, 0.1) is 0 Å². The first-order valence-corrected chi connectivity index (χ1v) is 5.73. The standard InChI is InChI=1S/C7H9F3O6S/c1-15-6(5(11)12)2-4(3-6)16-17(13,14)7(8,9)10/h4H,2-3H2,1H3,(H,11,12). The van der Waals surface area contributed by atoms with Gasteiger partial charge in [0, 0.05) is 20.0 Å². The first-order valence-electron chi connectivity index (χ1n) is 4.32. The van der Waals surface area contributed by atoms with E-state index in [1.807, 2.05) is 0 Å². The minimum Gasteiger partial charge on any atom is -0.479 e. The van der Waals surface area contributed by atoms with Gasteiger partial charge in [-0.2, -0.15) is 21.6 Å². The minimum absolute atomic E-state index is 0.450. The normalized spacial score (nSPS) is 29.8. The molecule has 1 saturated carbocycles. The number of halogens is 3. The number of hydrogen-bond donors (Lipinski definition) is 1. The second kappa shape index (κ2) is 4.10. The first kappa shape index (κ1) is 14.2. The zero-order valence-corrected chi connectivity index (χ0v) is 9.34. The largest absolute Gasteiger partial charge is 0.523 e. The van der Waals surface area contributed by atoms with Crippen molar-refractivity contribution in [3.05, 3.63) is 0 Å². The van der Waals surface area contributed by atoms with Crippen LogP contribution in [0.15, 0.2) is 0 Å². The Morgan fingerprint density at radius 2 is 1.88 bits per heavy atom. The Hall–Kier alpha value is -0.870. The van der Waals surface area contributed by atoms with Gasteiger partial charge in [0.05, 0.1) is 6.10 Å². The number of carboxylic acid groups (broad SMARTS) is 1. The van der Waals surface area contributed by atoms with E-state index in [1.54, 1.807) is 0 Å². The third kappa shape index (κ3) is 2.53. The Balaban J connectivity index is 2.65. The summed E-state index contributed by atoms with van der Waals surface area (Å²) in [4.78, 5) is 10.7. The molecule has 0 spiro atoms. The minimum atomic E-state index is -5.69. The topological polar surface area (TPSA) is 89.9 Å². The van der Waals surface area contributed by atoms with Gasteiger partial charge >= 0.3 is 21.6 Å². The van der Waals surface area contributed by atoms with Crippen LogP contribution in [0.2, 0.25) is 0 Å². The summed E-state index contributed by atoms with van der Waals surface area (Å²) < 4.78 is 65.4. The molecule has 0 saturated heterocycles. The van der Waals surface area contributed by atoms with Gasteiger partial charge in [0.15, 0.2) is 5.60 Å². The van der Waals surface area contributed by atoms with Crippen LogP contribution < -0.4 is 0 Å². The molecule has 1 N–H and O–H groups in total. The zero-order chi connectivity index (χ0) is 13.5. The lowest BCUT2D eigenvalue weighted by molar-refractivity contribution is -0.186. The lowest BCUT2D eigenvalue weighted by atomic mass is 9.77. The SMILES string of the molecule is COC1(C(=O)O)CC(OS(=O)(=O)C(F)(F)F)C1. The third-order valence-corrected chi connectivity index (χ3v) is 3.53. The molecular weight excluding hydrogens is 269 g/mol. The molecule has 0 aromatic carbocycles. The number of carbonyl (C=O) groups is 1. The number of methoxy groups -OCH3 is 1. The van der Waals surface area contributed by atoms with Gasteiger partial charge in [0.1, 0.15) is 0 Å². The summed E-state index contributed by atoms with van der Waals surface area (Å²) in [6, 6.07) is 0. The van der Waals surface area contributed by atoms with Crippen LogP contribution in [0.4, 0.5) is 13.2 Å². The van der Waals surface area contributed by atoms with Crippen LogP contribution in [0.25, 0.3) is 0 Å². The van der Waals surface area contributed by atoms with Crippen molar-refractivity contribution in [1.82, 2.24) is 0 Å². The van der Waals surface area contributed by atoms with Crippen LogP contribution in [0.5, 0.6) is 0 Å². The molecule has 0 aromatic rings. The average molecular weight is 278 g/mol. The summed E-state index contributed by atoms with van der Waals surface area (Å²) in [6.07, 6.45) is -2.24. The van der Waals surface area contributed by atoms with Gasteiger partial charge in [0.2, 0.25) is 0 Å².